The number of carbonyl (C=O) groups excluding carboxylic acids is 1. The molecule has 1 aromatic heterocycles. The summed E-state index contributed by atoms with van der Waals surface area (Å²) in [5.74, 6) is 1.60. The number of carbonyl (C=O) groups is 1. The molecule has 0 atom stereocenters. The van der Waals surface area contributed by atoms with Gasteiger partial charge in [0.15, 0.2) is 6.61 Å². The van der Waals surface area contributed by atoms with Crippen molar-refractivity contribution >= 4 is 28.3 Å². The summed E-state index contributed by atoms with van der Waals surface area (Å²) >= 11 is 0. The second kappa shape index (κ2) is 8.38. The second-order valence-corrected chi connectivity index (χ2v) is 8.24. The lowest BCUT2D eigenvalue weighted by atomic mass is 10.1. The Bertz CT molecular complexity index is 1280. The first-order chi connectivity index (χ1) is 15.6. The minimum atomic E-state index is -0.173. The van der Waals surface area contributed by atoms with Crippen LogP contribution in [0.5, 0.6) is 5.75 Å². The number of nitrogens with one attached hydrogen (secondary N) is 1. The number of hydrogen-bond acceptors (Lipinski definition) is 4. The van der Waals surface area contributed by atoms with E-state index >= 15 is 0 Å². The first-order valence-corrected chi connectivity index (χ1v) is 10.9. The van der Waals surface area contributed by atoms with Gasteiger partial charge >= 0.3 is 0 Å². The van der Waals surface area contributed by atoms with Crippen LogP contribution in [0.3, 0.4) is 0 Å². The number of aryl methyl sites for hydroxylation is 2. The molecule has 1 aliphatic rings. The monoisotopic (exact) mass is 426 g/mol. The van der Waals surface area contributed by atoms with E-state index in [0.717, 1.165) is 53.5 Å². The van der Waals surface area contributed by atoms with E-state index in [1.807, 2.05) is 50.2 Å². The molecule has 0 aliphatic carbocycles. The van der Waals surface area contributed by atoms with Crippen molar-refractivity contribution in [2.45, 2.75) is 26.9 Å². The lowest BCUT2D eigenvalue weighted by molar-refractivity contribution is -0.118. The number of benzene rings is 3. The Morgan fingerprint density at radius 1 is 1.03 bits per heavy atom. The molecule has 2 heterocycles. The van der Waals surface area contributed by atoms with Crippen LogP contribution in [0.25, 0.3) is 11.0 Å². The second-order valence-electron chi connectivity index (χ2n) is 8.24. The van der Waals surface area contributed by atoms with Crippen molar-refractivity contribution in [1.82, 2.24) is 9.55 Å². The Morgan fingerprint density at radius 3 is 2.66 bits per heavy atom. The van der Waals surface area contributed by atoms with Gasteiger partial charge in [-0.15, -0.1) is 0 Å². The molecule has 0 spiro atoms. The zero-order valence-corrected chi connectivity index (χ0v) is 18.3. The highest BCUT2D eigenvalue weighted by Crippen LogP contribution is 2.27. The standard InChI is InChI=1S/C26H26N4O2/c1-18-7-10-21(11-8-18)32-17-26(31)28-22-12-9-20(15-19(22)2)29-13-14-30-24-6-4-3-5-23(24)27-25(30)16-29/h3-12,15H,13-14,16-17H2,1-2H3,(H,28,31). The molecule has 0 saturated carbocycles. The molecule has 6 nitrogen and oxygen atoms in total. The molecule has 0 radical (unpaired) electrons. The van der Waals surface area contributed by atoms with Crippen LogP contribution in [-0.4, -0.2) is 28.6 Å². The van der Waals surface area contributed by atoms with Crippen molar-refractivity contribution in [2.75, 3.05) is 23.4 Å². The summed E-state index contributed by atoms with van der Waals surface area (Å²) < 4.78 is 7.89. The van der Waals surface area contributed by atoms with E-state index < -0.39 is 0 Å². The first-order valence-electron chi connectivity index (χ1n) is 10.9. The summed E-state index contributed by atoms with van der Waals surface area (Å²) in [5, 5.41) is 2.96. The Morgan fingerprint density at radius 2 is 1.84 bits per heavy atom. The summed E-state index contributed by atoms with van der Waals surface area (Å²) in [6.45, 7) is 6.60. The molecule has 3 aromatic carbocycles. The summed E-state index contributed by atoms with van der Waals surface area (Å²) in [6, 6.07) is 22.1. The number of hydrogen-bond donors (Lipinski definition) is 1. The van der Waals surface area contributed by atoms with Crippen LogP contribution in [0.15, 0.2) is 66.7 Å². The van der Waals surface area contributed by atoms with Crippen LogP contribution in [0, 0.1) is 13.8 Å². The average Bonchev–Trinajstić information content (AvgIpc) is 3.18. The quantitative estimate of drug-likeness (QED) is 0.503. The first kappa shape index (κ1) is 20.1. The Balaban J connectivity index is 1.24. The SMILES string of the molecule is Cc1ccc(OCC(=O)Nc2ccc(N3CCn4c(nc5ccccc54)C3)cc2C)cc1. The number of aromatic nitrogens is 2. The highest BCUT2D eigenvalue weighted by Gasteiger charge is 2.20. The molecule has 32 heavy (non-hydrogen) atoms. The van der Waals surface area contributed by atoms with Gasteiger partial charge in [-0.3, -0.25) is 4.79 Å². The van der Waals surface area contributed by atoms with Crippen molar-refractivity contribution in [3.8, 4) is 5.75 Å². The molecule has 0 saturated heterocycles. The molecule has 0 bridgehead atoms. The topological polar surface area (TPSA) is 59.4 Å². The van der Waals surface area contributed by atoms with Crippen molar-refractivity contribution in [1.29, 1.82) is 0 Å². The van der Waals surface area contributed by atoms with Crippen molar-refractivity contribution in [3.63, 3.8) is 0 Å². The highest BCUT2D eigenvalue weighted by molar-refractivity contribution is 5.92. The van der Waals surface area contributed by atoms with E-state index in [2.05, 4.69) is 45.1 Å². The molecule has 5 rings (SSSR count). The maximum absolute atomic E-state index is 12.4. The third kappa shape index (κ3) is 4.04. The molecule has 162 valence electrons. The fourth-order valence-corrected chi connectivity index (χ4v) is 4.14. The number of ether oxygens (including phenoxy) is 1. The van der Waals surface area contributed by atoms with Gasteiger partial charge in [-0.05, 0) is 61.9 Å². The van der Waals surface area contributed by atoms with Crippen LogP contribution in [0.2, 0.25) is 0 Å². The van der Waals surface area contributed by atoms with Crippen LogP contribution in [0.1, 0.15) is 17.0 Å². The fraction of sp³-hybridized carbons (Fsp3) is 0.231. The molecule has 4 aromatic rings. The van der Waals surface area contributed by atoms with Crippen LogP contribution >= 0.6 is 0 Å². The van der Waals surface area contributed by atoms with E-state index in [1.165, 1.54) is 5.52 Å². The molecular formula is C26H26N4O2. The minimum absolute atomic E-state index is 0.0212. The Labute approximate surface area is 187 Å². The zero-order valence-electron chi connectivity index (χ0n) is 18.3. The molecular weight excluding hydrogens is 400 g/mol. The lowest BCUT2D eigenvalue weighted by Crippen LogP contribution is -2.33. The summed E-state index contributed by atoms with van der Waals surface area (Å²) in [7, 11) is 0. The number of fused-ring (bicyclic) bond motifs is 3. The molecule has 1 amide bonds. The normalized spacial score (nSPS) is 13.1. The van der Waals surface area contributed by atoms with Gasteiger partial charge in [-0.2, -0.15) is 0 Å². The summed E-state index contributed by atoms with van der Waals surface area (Å²) in [4.78, 5) is 19.5. The van der Waals surface area contributed by atoms with Gasteiger partial charge in [0.2, 0.25) is 0 Å². The average molecular weight is 427 g/mol. The van der Waals surface area contributed by atoms with Gasteiger partial charge < -0.3 is 19.5 Å². The van der Waals surface area contributed by atoms with E-state index in [-0.39, 0.29) is 12.5 Å². The third-order valence-electron chi connectivity index (χ3n) is 5.90. The fourth-order valence-electron chi connectivity index (χ4n) is 4.14. The van der Waals surface area contributed by atoms with Crippen molar-refractivity contribution in [3.05, 3.63) is 83.7 Å². The van der Waals surface area contributed by atoms with Crippen LogP contribution < -0.4 is 15.0 Å². The van der Waals surface area contributed by atoms with Gasteiger partial charge in [0.1, 0.15) is 11.6 Å². The van der Waals surface area contributed by atoms with Gasteiger partial charge in [-0.25, -0.2) is 4.98 Å². The number of nitrogens with zero attached hydrogens (tertiary/aromatic N) is 3. The minimum Gasteiger partial charge on any atom is -0.484 e. The van der Waals surface area contributed by atoms with E-state index in [1.54, 1.807) is 0 Å². The Hall–Kier alpha value is -3.80. The van der Waals surface area contributed by atoms with Gasteiger partial charge in [0, 0.05) is 24.5 Å². The van der Waals surface area contributed by atoms with Gasteiger partial charge in [-0.1, -0.05) is 29.8 Å². The predicted molar refractivity (Wildman–Crippen MR) is 127 cm³/mol. The van der Waals surface area contributed by atoms with Crippen molar-refractivity contribution < 1.29 is 9.53 Å². The molecule has 1 aliphatic heterocycles. The molecule has 0 fully saturated rings. The van der Waals surface area contributed by atoms with E-state index in [4.69, 9.17) is 9.72 Å². The Kier molecular flexibility index (Phi) is 5.27. The van der Waals surface area contributed by atoms with Crippen LogP contribution in [0.4, 0.5) is 11.4 Å². The van der Waals surface area contributed by atoms with E-state index in [0.29, 0.717) is 5.75 Å². The van der Waals surface area contributed by atoms with Crippen molar-refractivity contribution in [2.24, 2.45) is 0 Å². The lowest BCUT2D eigenvalue weighted by Gasteiger charge is -2.30. The maximum Gasteiger partial charge on any atom is 0.262 e. The molecule has 0 unspecified atom stereocenters. The largest absolute Gasteiger partial charge is 0.484 e. The maximum atomic E-state index is 12.4. The zero-order chi connectivity index (χ0) is 22.1. The van der Waals surface area contributed by atoms with E-state index in [9.17, 15) is 4.79 Å². The highest BCUT2D eigenvalue weighted by atomic mass is 16.5. The van der Waals surface area contributed by atoms with Crippen LogP contribution in [-0.2, 0) is 17.9 Å². The number of rotatable bonds is 5. The smallest absolute Gasteiger partial charge is 0.262 e. The number of amides is 1. The number of para-hydroxylation sites is 2. The number of imidazole rings is 1. The van der Waals surface area contributed by atoms with Gasteiger partial charge in [0.05, 0.1) is 17.6 Å². The third-order valence-corrected chi connectivity index (χ3v) is 5.90. The predicted octanol–water partition coefficient (Wildman–Crippen LogP) is 4.69. The molecule has 6 heteroatoms. The molecule has 1 N–H and O–H groups in total. The van der Waals surface area contributed by atoms with Gasteiger partial charge in [0.25, 0.3) is 5.91 Å². The number of anilines is 2. The summed E-state index contributed by atoms with van der Waals surface area (Å²) in [5.41, 5.74) is 6.36. The summed E-state index contributed by atoms with van der Waals surface area (Å²) in [6.07, 6.45) is 0.